The number of aliphatic hydroxyl groups is 4. The van der Waals surface area contributed by atoms with Gasteiger partial charge in [-0.05, 0) is 0 Å². The smallest absolute Gasteiger partial charge is 0.184 e. The highest BCUT2D eigenvalue weighted by molar-refractivity contribution is 4.72. The van der Waals surface area contributed by atoms with Crippen LogP contribution < -0.4 is 0 Å². The zero-order chi connectivity index (χ0) is 9.14. The van der Waals surface area contributed by atoms with E-state index in [-0.39, 0.29) is 0 Å². The molecule has 1 heterocycles. The van der Waals surface area contributed by atoms with Crippen LogP contribution in [0.1, 0.15) is 0 Å². The highest BCUT2D eigenvalue weighted by Crippen LogP contribution is 2.16. The number of hydrogen-bond acceptors (Lipinski definition) is 6. The second-order valence-electron chi connectivity index (χ2n) is 2.50. The zero-order valence-electron chi connectivity index (χ0n) is 6.33. The van der Waals surface area contributed by atoms with Gasteiger partial charge in [-0.1, -0.05) is 0 Å². The Labute approximate surface area is 69.0 Å². The second kappa shape index (κ2) is 4.13. The molecule has 6 nitrogen and oxygen atoms in total. The second-order valence-corrected chi connectivity index (χ2v) is 2.50. The van der Waals surface area contributed by atoms with Gasteiger partial charge in [0.2, 0.25) is 0 Å². The summed E-state index contributed by atoms with van der Waals surface area (Å²) >= 11 is 0. The van der Waals surface area contributed by atoms with Crippen molar-refractivity contribution in [1.29, 1.82) is 0 Å². The Morgan fingerprint density at radius 2 is 1.17 bits per heavy atom. The van der Waals surface area contributed by atoms with E-state index in [1.807, 2.05) is 0 Å². The van der Waals surface area contributed by atoms with Crippen LogP contribution >= 0.6 is 0 Å². The lowest BCUT2D eigenvalue weighted by atomic mass is 10.2. The molecule has 0 aliphatic carbocycles. The van der Waals surface area contributed by atoms with Crippen LogP contribution in [0.2, 0.25) is 0 Å². The summed E-state index contributed by atoms with van der Waals surface area (Å²) in [6.45, 7) is -0.896. The summed E-state index contributed by atoms with van der Waals surface area (Å²) in [6.07, 6.45) is -4.53. The lowest BCUT2D eigenvalue weighted by Crippen LogP contribution is -2.51. The molecule has 1 saturated heterocycles. The Hall–Kier alpha value is -0.240. The van der Waals surface area contributed by atoms with E-state index in [0.29, 0.717) is 0 Å². The van der Waals surface area contributed by atoms with Gasteiger partial charge in [0.1, 0.15) is 12.2 Å². The van der Waals surface area contributed by atoms with Crippen molar-refractivity contribution in [3.63, 3.8) is 0 Å². The largest absolute Gasteiger partial charge is 0.393 e. The van der Waals surface area contributed by atoms with Crippen LogP contribution in [-0.4, -0.2) is 58.4 Å². The van der Waals surface area contributed by atoms with E-state index in [9.17, 15) is 0 Å². The van der Waals surface area contributed by atoms with Gasteiger partial charge in [0.05, 0.1) is 13.2 Å². The van der Waals surface area contributed by atoms with E-state index in [1.165, 1.54) is 0 Å². The van der Waals surface area contributed by atoms with E-state index in [0.717, 1.165) is 0 Å². The molecule has 0 aromatic rings. The van der Waals surface area contributed by atoms with Crippen LogP contribution in [0.25, 0.3) is 0 Å². The van der Waals surface area contributed by atoms with Crippen molar-refractivity contribution in [2.24, 2.45) is 0 Å². The molecule has 72 valence electrons. The fourth-order valence-corrected chi connectivity index (χ4v) is 0.934. The summed E-state index contributed by atoms with van der Waals surface area (Å²) in [5.74, 6) is 0. The standard InChI is InChI=1S/C6H12O6/c7-1-3-5(9)12-4(2-8)6(10)11-3/h3-10H,1-2H2/t3-,4+,5-,6-/m0/s1. The van der Waals surface area contributed by atoms with Gasteiger partial charge in [-0.15, -0.1) is 0 Å². The molecule has 0 saturated carbocycles. The van der Waals surface area contributed by atoms with Gasteiger partial charge in [-0.3, -0.25) is 0 Å². The molecule has 1 aliphatic heterocycles. The summed E-state index contributed by atoms with van der Waals surface area (Å²) in [7, 11) is 0. The first kappa shape index (κ1) is 9.85. The van der Waals surface area contributed by atoms with Crippen molar-refractivity contribution in [3.05, 3.63) is 0 Å². The van der Waals surface area contributed by atoms with Gasteiger partial charge in [-0.2, -0.15) is 0 Å². The number of hydrogen-bond donors (Lipinski definition) is 4. The third kappa shape index (κ3) is 1.92. The molecular weight excluding hydrogens is 168 g/mol. The molecule has 0 spiro atoms. The minimum absolute atomic E-state index is 0.448. The van der Waals surface area contributed by atoms with Crippen LogP contribution in [-0.2, 0) is 9.47 Å². The van der Waals surface area contributed by atoms with Crippen molar-refractivity contribution in [3.8, 4) is 0 Å². The molecular formula is C6H12O6. The average Bonchev–Trinajstić information content (AvgIpc) is 2.08. The number of rotatable bonds is 2. The molecule has 6 heteroatoms. The van der Waals surface area contributed by atoms with E-state index in [2.05, 4.69) is 0 Å². The molecule has 4 atom stereocenters. The lowest BCUT2D eigenvalue weighted by Gasteiger charge is -2.35. The first-order chi connectivity index (χ1) is 5.69. The van der Waals surface area contributed by atoms with E-state index in [1.54, 1.807) is 0 Å². The van der Waals surface area contributed by atoms with Crippen LogP contribution in [0.3, 0.4) is 0 Å². The molecule has 4 N–H and O–H groups in total. The van der Waals surface area contributed by atoms with E-state index < -0.39 is 38.0 Å². The Balaban J connectivity index is 2.49. The topological polar surface area (TPSA) is 99.4 Å². The number of aliphatic hydroxyl groups excluding tert-OH is 4. The molecule has 1 rings (SSSR count). The Bertz CT molecular complexity index is 124. The molecule has 0 amide bonds. The molecule has 1 aliphatic rings. The van der Waals surface area contributed by atoms with Gasteiger partial charge < -0.3 is 29.9 Å². The highest BCUT2D eigenvalue weighted by Gasteiger charge is 2.36. The summed E-state index contributed by atoms with van der Waals surface area (Å²) in [5.41, 5.74) is 0. The predicted molar refractivity (Wildman–Crippen MR) is 35.9 cm³/mol. The fourth-order valence-electron chi connectivity index (χ4n) is 0.934. The zero-order valence-corrected chi connectivity index (χ0v) is 6.33. The van der Waals surface area contributed by atoms with Crippen molar-refractivity contribution in [1.82, 2.24) is 0 Å². The van der Waals surface area contributed by atoms with Crippen molar-refractivity contribution < 1.29 is 29.9 Å². The summed E-state index contributed by atoms with van der Waals surface area (Å²) in [4.78, 5) is 0. The third-order valence-electron chi connectivity index (χ3n) is 1.62. The molecule has 1 fully saturated rings. The maximum atomic E-state index is 9.06. The van der Waals surface area contributed by atoms with Gasteiger partial charge in [0, 0.05) is 0 Å². The molecule has 0 aromatic heterocycles. The Morgan fingerprint density at radius 1 is 0.833 bits per heavy atom. The summed E-state index contributed by atoms with van der Waals surface area (Å²) < 4.78 is 9.44. The Morgan fingerprint density at radius 3 is 1.42 bits per heavy atom. The quantitative estimate of drug-likeness (QED) is 0.371. The molecule has 12 heavy (non-hydrogen) atoms. The fraction of sp³-hybridized carbons (Fsp3) is 1.00. The molecule has 0 radical (unpaired) electrons. The molecule has 0 unspecified atom stereocenters. The van der Waals surface area contributed by atoms with Crippen LogP contribution in [0.15, 0.2) is 0 Å². The average molecular weight is 180 g/mol. The SMILES string of the molecule is OC[C@@H]1O[C@H](O)[C@@H](CO)O[C@@H]1O. The Kier molecular flexibility index (Phi) is 3.39. The van der Waals surface area contributed by atoms with E-state index >= 15 is 0 Å². The monoisotopic (exact) mass is 180 g/mol. The highest BCUT2D eigenvalue weighted by atomic mass is 16.7. The normalized spacial score (nSPS) is 43.0. The minimum atomic E-state index is -1.31. The van der Waals surface area contributed by atoms with Gasteiger partial charge in [-0.25, -0.2) is 0 Å². The van der Waals surface area contributed by atoms with Gasteiger partial charge in [0.25, 0.3) is 0 Å². The molecule has 0 bridgehead atoms. The maximum Gasteiger partial charge on any atom is 0.184 e. The first-order valence-electron chi connectivity index (χ1n) is 3.57. The maximum absolute atomic E-state index is 9.06. The van der Waals surface area contributed by atoms with Crippen molar-refractivity contribution in [2.45, 2.75) is 24.8 Å². The van der Waals surface area contributed by atoms with Crippen LogP contribution in [0, 0.1) is 0 Å². The first-order valence-corrected chi connectivity index (χ1v) is 3.57. The van der Waals surface area contributed by atoms with Crippen molar-refractivity contribution >= 4 is 0 Å². The summed E-state index contributed by atoms with van der Waals surface area (Å²) in [6, 6.07) is 0. The van der Waals surface area contributed by atoms with Crippen LogP contribution in [0.4, 0.5) is 0 Å². The lowest BCUT2D eigenvalue weighted by molar-refractivity contribution is -0.338. The van der Waals surface area contributed by atoms with E-state index in [4.69, 9.17) is 29.9 Å². The minimum Gasteiger partial charge on any atom is -0.393 e. The van der Waals surface area contributed by atoms with Gasteiger partial charge in [0.15, 0.2) is 12.6 Å². The number of ether oxygens (including phenoxy) is 2. The van der Waals surface area contributed by atoms with Crippen molar-refractivity contribution in [2.75, 3.05) is 13.2 Å². The summed E-state index contributed by atoms with van der Waals surface area (Å²) in [5, 5.41) is 35.3. The van der Waals surface area contributed by atoms with Gasteiger partial charge >= 0.3 is 0 Å². The molecule has 0 aromatic carbocycles. The predicted octanol–water partition coefficient (Wildman–Crippen LogP) is -2.61. The van der Waals surface area contributed by atoms with Crippen LogP contribution in [0.5, 0.6) is 0 Å². The third-order valence-corrected chi connectivity index (χ3v) is 1.62.